The van der Waals surface area contributed by atoms with Crippen molar-refractivity contribution in [3.05, 3.63) is 29.6 Å². The molecule has 0 saturated heterocycles. The van der Waals surface area contributed by atoms with E-state index in [0.29, 0.717) is 12.6 Å². The molecule has 106 valence electrons. The Morgan fingerprint density at radius 2 is 2.30 bits per heavy atom. The van der Waals surface area contributed by atoms with E-state index in [9.17, 15) is 4.79 Å². The number of carbonyl (C=O) groups is 1. The normalized spacial score (nSPS) is 14.7. The number of halogens is 1. The standard InChI is InChI=1S/C15H18ClN3O/c1-2-14-18-12-7-10(9-17-15(20)8-16)3-6-13(12)19(14)11-4-5-11/h3,6-7,11H,2,4-5,8-9H2,1H3,(H,17,20). The molecular weight excluding hydrogens is 274 g/mol. The topological polar surface area (TPSA) is 46.9 Å². The number of aryl methyl sites for hydroxylation is 1. The summed E-state index contributed by atoms with van der Waals surface area (Å²) < 4.78 is 2.37. The molecule has 1 aromatic carbocycles. The van der Waals surface area contributed by atoms with Crippen molar-refractivity contribution in [2.24, 2.45) is 0 Å². The monoisotopic (exact) mass is 291 g/mol. The van der Waals surface area contributed by atoms with Gasteiger partial charge in [-0.1, -0.05) is 13.0 Å². The number of aromatic nitrogens is 2. The first-order valence-electron chi connectivity index (χ1n) is 7.05. The first-order valence-corrected chi connectivity index (χ1v) is 7.58. The van der Waals surface area contributed by atoms with Gasteiger partial charge in [0.05, 0.1) is 11.0 Å². The van der Waals surface area contributed by atoms with Crippen LogP contribution in [-0.2, 0) is 17.8 Å². The third kappa shape index (κ3) is 2.52. The number of hydrogen-bond donors (Lipinski definition) is 1. The van der Waals surface area contributed by atoms with Crippen LogP contribution in [0.1, 0.15) is 37.2 Å². The van der Waals surface area contributed by atoms with Crippen molar-refractivity contribution < 1.29 is 4.79 Å². The summed E-state index contributed by atoms with van der Waals surface area (Å²) in [5, 5.41) is 2.78. The number of imidazole rings is 1. The van der Waals surface area contributed by atoms with Crippen LogP contribution in [0.2, 0.25) is 0 Å². The van der Waals surface area contributed by atoms with Crippen LogP contribution in [0.4, 0.5) is 0 Å². The predicted octanol–water partition coefficient (Wildman–Crippen LogP) is 2.79. The highest BCUT2D eigenvalue weighted by molar-refractivity contribution is 6.27. The van der Waals surface area contributed by atoms with Gasteiger partial charge in [0.25, 0.3) is 0 Å². The lowest BCUT2D eigenvalue weighted by Crippen LogP contribution is -2.23. The Labute approximate surface area is 123 Å². The average molecular weight is 292 g/mol. The summed E-state index contributed by atoms with van der Waals surface area (Å²) in [4.78, 5) is 15.9. The van der Waals surface area contributed by atoms with Crippen molar-refractivity contribution in [3.63, 3.8) is 0 Å². The minimum absolute atomic E-state index is 0.00145. The van der Waals surface area contributed by atoms with E-state index in [1.54, 1.807) is 0 Å². The second-order valence-corrected chi connectivity index (χ2v) is 5.48. The Morgan fingerprint density at radius 3 is 2.95 bits per heavy atom. The third-order valence-corrected chi connectivity index (χ3v) is 3.91. The van der Waals surface area contributed by atoms with Gasteiger partial charge in [0, 0.05) is 19.0 Å². The summed E-state index contributed by atoms with van der Waals surface area (Å²) in [6.07, 6.45) is 3.46. The number of alkyl halides is 1. The minimum atomic E-state index is -0.149. The molecule has 0 bridgehead atoms. The van der Waals surface area contributed by atoms with Crippen LogP contribution in [0, 0.1) is 0 Å². The molecule has 5 heteroatoms. The molecule has 20 heavy (non-hydrogen) atoms. The molecule has 0 spiro atoms. The molecule has 1 N–H and O–H groups in total. The largest absolute Gasteiger partial charge is 0.351 e. The van der Waals surface area contributed by atoms with Crippen LogP contribution in [0.5, 0.6) is 0 Å². The van der Waals surface area contributed by atoms with Gasteiger partial charge in [-0.25, -0.2) is 4.98 Å². The fourth-order valence-electron chi connectivity index (χ4n) is 2.54. The van der Waals surface area contributed by atoms with E-state index < -0.39 is 0 Å². The SMILES string of the molecule is CCc1nc2cc(CNC(=O)CCl)ccc2n1C1CC1. The Balaban J connectivity index is 1.89. The number of rotatable bonds is 5. The molecule has 1 aliphatic carbocycles. The zero-order valence-electron chi connectivity index (χ0n) is 11.5. The lowest BCUT2D eigenvalue weighted by atomic mass is 10.2. The highest BCUT2D eigenvalue weighted by atomic mass is 35.5. The van der Waals surface area contributed by atoms with Gasteiger partial charge in [-0.2, -0.15) is 0 Å². The summed E-state index contributed by atoms with van der Waals surface area (Å²) >= 11 is 5.47. The quantitative estimate of drug-likeness (QED) is 0.861. The van der Waals surface area contributed by atoms with E-state index in [4.69, 9.17) is 16.6 Å². The lowest BCUT2D eigenvalue weighted by Gasteiger charge is -2.06. The van der Waals surface area contributed by atoms with Gasteiger partial charge in [0.15, 0.2) is 0 Å². The third-order valence-electron chi connectivity index (χ3n) is 3.67. The fourth-order valence-corrected chi connectivity index (χ4v) is 2.64. The van der Waals surface area contributed by atoms with Gasteiger partial charge in [0.1, 0.15) is 11.7 Å². The van der Waals surface area contributed by atoms with Crippen molar-refractivity contribution >= 4 is 28.5 Å². The maximum absolute atomic E-state index is 11.2. The van der Waals surface area contributed by atoms with Gasteiger partial charge in [-0.3, -0.25) is 4.79 Å². The first-order chi connectivity index (χ1) is 9.72. The van der Waals surface area contributed by atoms with E-state index >= 15 is 0 Å². The van der Waals surface area contributed by atoms with Crippen LogP contribution in [-0.4, -0.2) is 21.3 Å². The first kappa shape index (κ1) is 13.4. The van der Waals surface area contributed by atoms with Gasteiger partial charge in [0.2, 0.25) is 5.91 Å². The highest BCUT2D eigenvalue weighted by Crippen LogP contribution is 2.38. The Bertz CT molecular complexity index is 646. The molecule has 1 aromatic heterocycles. The van der Waals surface area contributed by atoms with E-state index in [0.717, 1.165) is 23.3 Å². The van der Waals surface area contributed by atoms with Crippen molar-refractivity contribution in [3.8, 4) is 0 Å². The molecule has 1 saturated carbocycles. The van der Waals surface area contributed by atoms with Gasteiger partial charge < -0.3 is 9.88 Å². The second-order valence-electron chi connectivity index (χ2n) is 5.22. The summed E-state index contributed by atoms with van der Waals surface area (Å²) in [6, 6.07) is 6.86. The van der Waals surface area contributed by atoms with E-state index in [1.165, 1.54) is 18.4 Å². The van der Waals surface area contributed by atoms with Crippen molar-refractivity contribution in [1.82, 2.24) is 14.9 Å². The van der Waals surface area contributed by atoms with E-state index in [1.807, 2.05) is 0 Å². The molecule has 1 amide bonds. The molecule has 0 aliphatic heterocycles. The van der Waals surface area contributed by atoms with Crippen LogP contribution in [0.15, 0.2) is 18.2 Å². The Hall–Kier alpha value is -1.55. The lowest BCUT2D eigenvalue weighted by molar-refractivity contribution is -0.118. The number of nitrogens with one attached hydrogen (secondary N) is 1. The summed E-state index contributed by atoms with van der Waals surface area (Å²) in [5.74, 6) is 1.01. The summed E-state index contributed by atoms with van der Waals surface area (Å²) in [6.45, 7) is 2.64. The summed E-state index contributed by atoms with van der Waals surface area (Å²) in [5.41, 5.74) is 3.28. The minimum Gasteiger partial charge on any atom is -0.351 e. The van der Waals surface area contributed by atoms with Gasteiger partial charge in [-0.15, -0.1) is 11.6 Å². The Morgan fingerprint density at radius 1 is 1.50 bits per heavy atom. The van der Waals surface area contributed by atoms with E-state index in [2.05, 4.69) is 35.0 Å². The number of nitrogens with zero attached hydrogens (tertiary/aromatic N) is 2. The number of benzene rings is 1. The van der Waals surface area contributed by atoms with Crippen LogP contribution in [0.3, 0.4) is 0 Å². The molecule has 4 nitrogen and oxygen atoms in total. The van der Waals surface area contributed by atoms with E-state index in [-0.39, 0.29) is 11.8 Å². The molecule has 1 fully saturated rings. The zero-order chi connectivity index (χ0) is 14.1. The number of carbonyl (C=O) groups excluding carboxylic acids is 1. The molecule has 2 aromatic rings. The van der Waals surface area contributed by atoms with Crippen molar-refractivity contribution in [2.45, 2.75) is 38.8 Å². The molecule has 0 unspecified atom stereocenters. The van der Waals surface area contributed by atoms with Crippen molar-refractivity contribution in [1.29, 1.82) is 0 Å². The van der Waals surface area contributed by atoms with Crippen LogP contribution in [0.25, 0.3) is 11.0 Å². The number of amides is 1. The molecule has 1 aliphatic rings. The fraction of sp³-hybridized carbons (Fsp3) is 0.467. The van der Waals surface area contributed by atoms with Crippen LogP contribution < -0.4 is 5.32 Å². The van der Waals surface area contributed by atoms with Gasteiger partial charge in [-0.05, 0) is 30.5 Å². The smallest absolute Gasteiger partial charge is 0.235 e. The molecular formula is C15H18ClN3O. The average Bonchev–Trinajstić information content (AvgIpc) is 3.24. The predicted molar refractivity (Wildman–Crippen MR) is 79.9 cm³/mol. The second kappa shape index (κ2) is 5.44. The number of fused-ring (bicyclic) bond motifs is 1. The maximum Gasteiger partial charge on any atom is 0.235 e. The maximum atomic E-state index is 11.2. The molecule has 0 radical (unpaired) electrons. The van der Waals surface area contributed by atoms with Gasteiger partial charge >= 0.3 is 0 Å². The Kier molecular flexibility index (Phi) is 3.66. The number of hydrogen-bond acceptors (Lipinski definition) is 2. The summed E-state index contributed by atoms with van der Waals surface area (Å²) in [7, 11) is 0. The van der Waals surface area contributed by atoms with Crippen LogP contribution >= 0.6 is 11.6 Å². The zero-order valence-corrected chi connectivity index (χ0v) is 12.3. The molecule has 3 rings (SSSR count). The molecule has 0 atom stereocenters. The highest BCUT2D eigenvalue weighted by Gasteiger charge is 2.27. The molecule has 1 heterocycles. The van der Waals surface area contributed by atoms with Crippen molar-refractivity contribution in [2.75, 3.05) is 5.88 Å².